The molecule has 0 saturated carbocycles. The molecule has 0 aliphatic carbocycles. The van der Waals surface area contributed by atoms with Gasteiger partial charge in [-0.05, 0) is 89.6 Å². The zero-order valence-corrected chi connectivity index (χ0v) is 32.2. The lowest BCUT2D eigenvalue weighted by molar-refractivity contribution is 0.669. The predicted molar refractivity (Wildman–Crippen MR) is 246 cm³/mol. The molecule has 0 unspecified atom stereocenters. The molecule has 3 aromatic heterocycles. The number of para-hydroxylation sites is 3. The topological polar surface area (TPSA) is 19.6 Å². The number of furan rings is 1. The third-order valence-electron chi connectivity index (χ3n) is 11.2. The molecular weight excluding hydrogens is 733 g/mol. The highest BCUT2D eigenvalue weighted by molar-refractivity contribution is 7.26. The Hall–Kier alpha value is -6.92. The van der Waals surface area contributed by atoms with Gasteiger partial charge in [-0.2, -0.15) is 0 Å². The van der Waals surface area contributed by atoms with Gasteiger partial charge in [0.15, 0.2) is 0 Å². The Balaban J connectivity index is 1.20. The Morgan fingerprint density at radius 2 is 0.930 bits per heavy atom. The molecule has 3 heterocycles. The van der Waals surface area contributed by atoms with E-state index in [9.17, 15) is 0 Å². The van der Waals surface area contributed by atoms with Crippen LogP contribution < -0.4 is 9.80 Å². The minimum Gasteiger partial charge on any atom is -0.456 e. The zero-order valence-electron chi connectivity index (χ0n) is 30.6. The molecule has 0 radical (unpaired) electrons. The van der Waals surface area contributed by atoms with Crippen LogP contribution in [0.2, 0.25) is 0 Å². The van der Waals surface area contributed by atoms with Crippen molar-refractivity contribution in [1.29, 1.82) is 0 Å². The van der Waals surface area contributed by atoms with Crippen molar-refractivity contribution in [2.45, 2.75) is 0 Å². The number of thiophene rings is 2. The van der Waals surface area contributed by atoms with Crippen molar-refractivity contribution in [3.63, 3.8) is 0 Å². The molecule has 0 N–H and O–H groups in total. The first-order valence-corrected chi connectivity index (χ1v) is 20.8. The summed E-state index contributed by atoms with van der Waals surface area (Å²) in [5, 5.41) is 9.77. The van der Waals surface area contributed by atoms with Crippen molar-refractivity contribution in [2.75, 3.05) is 9.80 Å². The number of fused-ring (bicyclic) bond motifs is 10. The van der Waals surface area contributed by atoms with Crippen molar-refractivity contribution in [2.24, 2.45) is 0 Å². The second-order valence-corrected chi connectivity index (χ2v) is 16.6. The molecule has 0 amide bonds. The fourth-order valence-electron chi connectivity index (χ4n) is 8.59. The van der Waals surface area contributed by atoms with Crippen molar-refractivity contribution >= 4 is 130 Å². The first kappa shape index (κ1) is 32.3. The lowest BCUT2D eigenvalue weighted by atomic mass is 10.0. The van der Waals surface area contributed by atoms with Crippen LogP contribution >= 0.6 is 22.7 Å². The lowest BCUT2D eigenvalue weighted by Gasteiger charge is -2.33. The summed E-state index contributed by atoms with van der Waals surface area (Å²) in [5.41, 5.74) is 8.23. The number of benzene rings is 9. The monoisotopic (exact) mass is 764 g/mol. The summed E-state index contributed by atoms with van der Waals surface area (Å²) in [6.45, 7) is 0. The third-order valence-corrected chi connectivity index (χ3v) is 13.5. The quantitative estimate of drug-likeness (QED) is 0.168. The van der Waals surface area contributed by atoms with Gasteiger partial charge < -0.3 is 14.2 Å². The Morgan fingerprint density at radius 1 is 0.316 bits per heavy atom. The van der Waals surface area contributed by atoms with Crippen LogP contribution in [0, 0.1) is 0 Å². The summed E-state index contributed by atoms with van der Waals surface area (Å²) in [5.74, 6) is 0. The molecule has 0 atom stereocenters. The van der Waals surface area contributed by atoms with Gasteiger partial charge in [-0.3, -0.25) is 0 Å². The van der Waals surface area contributed by atoms with Crippen molar-refractivity contribution in [3.8, 4) is 0 Å². The van der Waals surface area contributed by atoms with E-state index in [0.717, 1.165) is 56.1 Å². The molecule has 0 aliphatic rings. The molecule has 3 nitrogen and oxygen atoms in total. The van der Waals surface area contributed by atoms with E-state index in [1.54, 1.807) is 0 Å². The smallest absolute Gasteiger partial charge is 0.137 e. The van der Waals surface area contributed by atoms with E-state index in [2.05, 4.69) is 192 Å². The number of rotatable bonds is 6. The van der Waals surface area contributed by atoms with E-state index in [-0.39, 0.29) is 0 Å². The highest BCUT2D eigenvalue weighted by Crippen LogP contribution is 2.52. The van der Waals surface area contributed by atoms with Crippen LogP contribution in [0.4, 0.5) is 34.1 Å². The summed E-state index contributed by atoms with van der Waals surface area (Å²) in [4.78, 5) is 4.88. The number of hydrogen-bond donors (Lipinski definition) is 0. The molecule has 9 aromatic carbocycles. The van der Waals surface area contributed by atoms with Gasteiger partial charge >= 0.3 is 0 Å². The average Bonchev–Trinajstić information content (AvgIpc) is 3.95. The molecule has 57 heavy (non-hydrogen) atoms. The zero-order chi connectivity index (χ0) is 37.5. The standard InChI is InChI=1S/C52H32N2OS2/c1-3-16-35(17-4-1)53(37-26-27-39-38-20-9-11-24-47(38)55-48(39)30-37)45-31-43-42-28-33-14-7-8-15-34(33)29-50(42)56-51(43)32-46(45)54(36-18-5-2-6-19-36)44-23-13-22-41-40-21-10-12-25-49(40)57-52(41)44/h1-32H. The van der Waals surface area contributed by atoms with Crippen LogP contribution in [0.25, 0.3) is 73.1 Å². The van der Waals surface area contributed by atoms with E-state index >= 15 is 0 Å². The van der Waals surface area contributed by atoms with Gasteiger partial charge in [-0.25, -0.2) is 0 Å². The maximum Gasteiger partial charge on any atom is 0.137 e. The van der Waals surface area contributed by atoms with Gasteiger partial charge in [0.2, 0.25) is 0 Å². The SMILES string of the molecule is c1ccc(N(c2ccc3c(c2)oc2ccccc23)c2cc3c(cc2N(c2ccccc2)c2cccc4c2sc2ccccc24)sc2cc4ccccc4cc23)cc1. The van der Waals surface area contributed by atoms with Gasteiger partial charge in [-0.15, -0.1) is 22.7 Å². The van der Waals surface area contributed by atoms with E-state index in [1.165, 1.54) is 51.1 Å². The number of nitrogens with zero attached hydrogens (tertiary/aromatic N) is 2. The number of hydrogen-bond acceptors (Lipinski definition) is 5. The van der Waals surface area contributed by atoms with E-state index in [0.29, 0.717) is 0 Å². The summed E-state index contributed by atoms with van der Waals surface area (Å²) < 4.78 is 11.6. The maximum atomic E-state index is 6.53. The first-order valence-electron chi connectivity index (χ1n) is 19.2. The van der Waals surface area contributed by atoms with Crippen LogP contribution in [0.1, 0.15) is 0 Å². The van der Waals surface area contributed by atoms with Gasteiger partial charge in [0, 0.05) is 69.5 Å². The molecule has 0 saturated heterocycles. The molecule has 0 aliphatic heterocycles. The van der Waals surface area contributed by atoms with E-state index < -0.39 is 0 Å². The molecular formula is C52H32N2OS2. The Kier molecular flexibility index (Phi) is 7.27. The minimum absolute atomic E-state index is 0.861. The average molecular weight is 765 g/mol. The van der Waals surface area contributed by atoms with Crippen molar-refractivity contribution < 1.29 is 4.42 Å². The maximum absolute atomic E-state index is 6.53. The highest BCUT2D eigenvalue weighted by atomic mass is 32.1. The second kappa shape index (κ2) is 12.8. The highest BCUT2D eigenvalue weighted by Gasteiger charge is 2.26. The Labute approximate surface area is 336 Å². The van der Waals surface area contributed by atoms with Gasteiger partial charge in [0.25, 0.3) is 0 Å². The molecule has 0 fully saturated rings. The molecule has 12 aromatic rings. The fraction of sp³-hybridized carbons (Fsp3) is 0. The Bertz CT molecular complexity index is 3490. The second-order valence-electron chi connectivity index (χ2n) is 14.5. The molecule has 0 spiro atoms. The van der Waals surface area contributed by atoms with E-state index in [4.69, 9.17) is 4.42 Å². The number of anilines is 6. The van der Waals surface area contributed by atoms with Crippen LogP contribution in [-0.2, 0) is 0 Å². The summed E-state index contributed by atoms with van der Waals surface area (Å²) in [7, 11) is 0. The summed E-state index contributed by atoms with van der Waals surface area (Å²) >= 11 is 3.72. The van der Waals surface area contributed by atoms with Gasteiger partial charge in [-0.1, -0.05) is 109 Å². The van der Waals surface area contributed by atoms with Crippen LogP contribution in [0.5, 0.6) is 0 Å². The minimum atomic E-state index is 0.861. The van der Waals surface area contributed by atoms with Gasteiger partial charge in [0.05, 0.1) is 21.8 Å². The third kappa shape index (κ3) is 5.17. The van der Waals surface area contributed by atoms with Crippen molar-refractivity contribution in [3.05, 3.63) is 194 Å². The predicted octanol–water partition coefficient (Wildman–Crippen LogP) is 16.4. The van der Waals surface area contributed by atoms with E-state index in [1.807, 2.05) is 34.8 Å². The molecule has 12 rings (SSSR count). The largest absolute Gasteiger partial charge is 0.456 e. The van der Waals surface area contributed by atoms with Gasteiger partial charge in [0.1, 0.15) is 11.2 Å². The normalized spacial score (nSPS) is 11.9. The molecule has 5 heteroatoms. The fourth-order valence-corrected chi connectivity index (χ4v) is 11.0. The van der Waals surface area contributed by atoms with Crippen LogP contribution in [-0.4, -0.2) is 0 Å². The summed E-state index contributed by atoms with van der Waals surface area (Å²) in [6.07, 6.45) is 0. The Morgan fingerprint density at radius 3 is 1.75 bits per heavy atom. The first-order chi connectivity index (χ1) is 28.2. The van der Waals surface area contributed by atoms with Crippen LogP contribution in [0.15, 0.2) is 199 Å². The molecule has 0 bridgehead atoms. The summed E-state index contributed by atoms with van der Waals surface area (Å²) in [6, 6.07) is 70.3. The van der Waals surface area contributed by atoms with Crippen LogP contribution in [0.3, 0.4) is 0 Å². The van der Waals surface area contributed by atoms with Crippen molar-refractivity contribution in [1.82, 2.24) is 0 Å². The molecule has 268 valence electrons. The lowest BCUT2D eigenvalue weighted by Crippen LogP contribution is -2.17.